The Kier molecular flexibility index (Phi) is 70.9. The molecule has 0 saturated carbocycles. The van der Waals surface area contributed by atoms with Gasteiger partial charge in [-0.3, -0.25) is 37.3 Å². The van der Waals surface area contributed by atoms with Crippen LogP contribution in [0.15, 0.2) is 0 Å². The Balaban J connectivity index is 5.20. The second-order valence-electron chi connectivity index (χ2n) is 30.5. The number of carbonyl (C=O) groups excluding carboxylic acids is 4. The Morgan fingerprint density at radius 2 is 0.505 bits per heavy atom. The highest BCUT2D eigenvalue weighted by atomic mass is 31.2. The summed E-state index contributed by atoms with van der Waals surface area (Å²) in [5.74, 6) is 0.334. The van der Waals surface area contributed by atoms with Crippen molar-refractivity contribution in [1.82, 2.24) is 0 Å². The Hall–Kier alpha value is -1.94. The smallest absolute Gasteiger partial charge is 0.462 e. The summed E-state index contributed by atoms with van der Waals surface area (Å²) in [6.07, 6.45) is 61.1. The van der Waals surface area contributed by atoms with Crippen LogP contribution in [0.4, 0.5) is 0 Å². The summed E-state index contributed by atoms with van der Waals surface area (Å²) in [4.78, 5) is 73.0. The molecule has 0 heterocycles. The molecule has 0 aliphatic heterocycles. The van der Waals surface area contributed by atoms with Gasteiger partial charge in [-0.05, 0) is 43.4 Å². The first-order valence-corrected chi connectivity index (χ1v) is 45.4. The molecule has 0 spiro atoms. The van der Waals surface area contributed by atoms with Crippen molar-refractivity contribution in [3.05, 3.63) is 0 Å². The Labute approximate surface area is 619 Å². The molecule has 0 amide bonds. The lowest BCUT2D eigenvalue weighted by molar-refractivity contribution is -0.161. The number of esters is 4. The summed E-state index contributed by atoms with van der Waals surface area (Å²) >= 11 is 0. The van der Waals surface area contributed by atoms with E-state index in [9.17, 15) is 43.2 Å². The van der Waals surface area contributed by atoms with Crippen LogP contribution in [-0.2, 0) is 65.4 Å². The summed E-state index contributed by atoms with van der Waals surface area (Å²) in [7, 11) is -9.92. The van der Waals surface area contributed by atoms with Crippen LogP contribution >= 0.6 is 15.6 Å². The molecule has 7 atom stereocenters. The molecule has 17 nitrogen and oxygen atoms in total. The summed E-state index contributed by atoms with van der Waals surface area (Å²) in [6, 6.07) is 0. The van der Waals surface area contributed by atoms with Gasteiger partial charge in [-0.25, -0.2) is 9.13 Å². The number of aliphatic hydroxyl groups excluding tert-OH is 1. The molecule has 3 N–H and O–H groups in total. The van der Waals surface area contributed by atoms with Crippen molar-refractivity contribution in [2.24, 2.45) is 17.8 Å². The Morgan fingerprint density at radius 3 is 0.752 bits per heavy atom. The van der Waals surface area contributed by atoms with Crippen molar-refractivity contribution in [2.75, 3.05) is 39.6 Å². The molecule has 0 radical (unpaired) electrons. The quantitative estimate of drug-likeness (QED) is 0.0222. The van der Waals surface area contributed by atoms with Gasteiger partial charge in [0.15, 0.2) is 12.2 Å². The van der Waals surface area contributed by atoms with Crippen molar-refractivity contribution in [3.8, 4) is 0 Å². The van der Waals surface area contributed by atoms with E-state index in [1.165, 1.54) is 238 Å². The summed E-state index contributed by atoms with van der Waals surface area (Å²) in [5.41, 5.74) is 0. The molecule has 0 rings (SSSR count). The summed E-state index contributed by atoms with van der Waals surface area (Å²) in [6.45, 7) is 12.0. The normalized spacial score (nSPS) is 14.5. The third-order valence-electron chi connectivity index (χ3n) is 19.9. The first-order valence-electron chi connectivity index (χ1n) is 42.4. The number of ether oxygens (including phenoxy) is 4. The number of hydrogen-bond acceptors (Lipinski definition) is 15. The van der Waals surface area contributed by atoms with Crippen LogP contribution in [0, 0.1) is 17.8 Å². The van der Waals surface area contributed by atoms with Crippen LogP contribution in [0.5, 0.6) is 0 Å². The van der Waals surface area contributed by atoms with Crippen LogP contribution < -0.4 is 0 Å². The molecule has 0 bridgehead atoms. The van der Waals surface area contributed by atoms with Gasteiger partial charge in [-0.15, -0.1) is 0 Å². The molecule has 101 heavy (non-hydrogen) atoms. The minimum atomic E-state index is -4.96. The van der Waals surface area contributed by atoms with Gasteiger partial charge < -0.3 is 33.8 Å². The third-order valence-corrected chi connectivity index (χ3v) is 21.8. The first kappa shape index (κ1) is 99.1. The lowest BCUT2D eigenvalue weighted by atomic mass is 9.99. The van der Waals surface area contributed by atoms with Crippen molar-refractivity contribution in [3.63, 3.8) is 0 Å². The van der Waals surface area contributed by atoms with E-state index >= 15 is 0 Å². The highest BCUT2D eigenvalue weighted by Gasteiger charge is 2.30. The molecular weight excluding hydrogens is 1320 g/mol. The van der Waals surface area contributed by atoms with Gasteiger partial charge in [0, 0.05) is 25.7 Å². The zero-order valence-electron chi connectivity index (χ0n) is 66.4. The molecule has 0 aromatic heterocycles. The van der Waals surface area contributed by atoms with Crippen LogP contribution in [0.1, 0.15) is 427 Å². The molecule has 0 aliphatic carbocycles. The topological polar surface area (TPSA) is 237 Å². The van der Waals surface area contributed by atoms with E-state index in [1.807, 2.05) is 0 Å². The summed E-state index contributed by atoms with van der Waals surface area (Å²) < 4.78 is 68.7. The minimum Gasteiger partial charge on any atom is -0.462 e. The fourth-order valence-electron chi connectivity index (χ4n) is 12.6. The fraction of sp³-hybridized carbons (Fsp3) is 0.951. The monoisotopic (exact) mass is 1480 g/mol. The lowest BCUT2D eigenvalue weighted by Gasteiger charge is -2.21. The van der Waals surface area contributed by atoms with Gasteiger partial charge in [-0.1, -0.05) is 376 Å². The molecule has 19 heteroatoms. The van der Waals surface area contributed by atoms with E-state index in [2.05, 4.69) is 48.5 Å². The maximum absolute atomic E-state index is 13.1. The van der Waals surface area contributed by atoms with E-state index in [0.717, 1.165) is 108 Å². The zero-order chi connectivity index (χ0) is 74.4. The van der Waals surface area contributed by atoms with E-state index in [1.54, 1.807) is 0 Å². The standard InChI is InChI=1S/C82H160O17P2/c1-8-11-12-13-14-32-42-49-56-63-79(84)92-69-78(99-82(87)66-59-52-45-38-37-41-48-55-62-75(7)10-3)72-97-101(90,91)95-68-76(83)67-94-100(88,89)96-71-77(70-93-80(85)64-57-50-43-35-30-26-23-19-20-24-28-33-39-46-53-60-73(4)5)98-81(86)65-58-51-44-36-31-27-22-18-16-15-17-21-25-29-34-40-47-54-61-74(6)9-2/h73-78,83H,8-72H2,1-7H3,(H,88,89)(H,90,91)/t74?,75?,76-,77-,78-/m1/s1. The predicted octanol–water partition coefficient (Wildman–Crippen LogP) is 24.5. The molecule has 600 valence electrons. The number of aliphatic hydroxyl groups is 1. The molecule has 4 unspecified atom stereocenters. The minimum absolute atomic E-state index is 0.105. The van der Waals surface area contributed by atoms with Gasteiger partial charge >= 0.3 is 39.5 Å². The van der Waals surface area contributed by atoms with E-state index < -0.39 is 97.5 Å². The van der Waals surface area contributed by atoms with Gasteiger partial charge in [-0.2, -0.15) is 0 Å². The maximum atomic E-state index is 13.1. The number of phosphoric acid groups is 2. The third kappa shape index (κ3) is 73.4. The van der Waals surface area contributed by atoms with Crippen molar-refractivity contribution in [2.45, 2.75) is 446 Å². The van der Waals surface area contributed by atoms with Crippen LogP contribution in [0.2, 0.25) is 0 Å². The van der Waals surface area contributed by atoms with Gasteiger partial charge in [0.2, 0.25) is 0 Å². The van der Waals surface area contributed by atoms with E-state index in [4.69, 9.17) is 37.0 Å². The number of carbonyl (C=O) groups is 4. The van der Waals surface area contributed by atoms with Gasteiger partial charge in [0.05, 0.1) is 26.4 Å². The molecule has 0 saturated heterocycles. The Bertz CT molecular complexity index is 1960. The summed E-state index contributed by atoms with van der Waals surface area (Å²) in [5, 5.41) is 10.6. The van der Waals surface area contributed by atoms with Crippen LogP contribution in [-0.4, -0.2) is 96.7 Å². The molecule has 0 aliphatic rings. The van der Waals surface area contributed by atoms with Crippen molar-refractivity contribution < 1.29 is 80.2 Å². The van der Waals surface area contributed by atoms with Crippen molar-refractivity contribution in [1.29, 1.82) is 0 Å². The number of rotatable bonds is 80. The first-order chi connectivity index (χ1) is 48.8. The van der Waals surface area contributed by atoms with Gasteiger partial charge in [0.1, 0.15) is 19.3 Å². The van der Waals surface area contributed by atoms with Crippen LogP contribution in [0.3, 0.4) is 0 Å². The average molecular weight is 1480 g/mol. The van der Waals surface area contributed by atoms with Gasteiger partial charge in [0.25, 0.3) is 0 Å². The second kappa shape index (κ2) is 72.3. The fourth-order valence-corrected chi connectivity index (χ4v) is 14.2. The molecule has 0 aromatic rings. The van der Waals surface area contributed by atoms with Crippen molar-refractivity contribution >= 4 is 39.5 Å². The second-order valence-corrected chi connectivity index (χ2v) is 33.4. The van der Waals surface area contributed by atoms with Crippen LogP contribution in [0.25, 0.3) is 0 Å². The average Bonchev–Trinajstić information content (AvgIpc) is 0.935. The Morgan fingerprint density at radius 1 is 0.287 bits per heavy atom. The predicted molar refractivity (Wildman–Crippen MR) is 414 cm³/mol. The lowest BCUT2D eigenvalue weighted by Crippen LogP contribution is -2.30. The SMILES string of the molecule is CCCCCCCCCCCC(=O)OC[C@H](COP(=O)(O)OC[C@H](O)COP(=O)(O)OC[C@@H](COC(=O)CCCCCCCCCCCCCCCCCC(C)C)OC(=O)CCCCCCCCCCCCCCCCCCCCC(C)CC)OC(=O)CCCCCCCCCCC(C)CC. The zero-order valence-corrected chi connectivity index (χ0v) is 68.2. The largest absolute Gasteiger partial charge is 0.472 e. The number of hydrogen-bond donors (Lipinski definition) is 3. The molecule has 0 aromatic carbocycles. The molecular formula is C82H160O17P2. The highest BCUT2D eigenvalue weighted by molar-refractivity contribution is 7.47. The number of unbranched alkanes of at least 4 members (excludes halogenated alkanes) is 46. The van der Waals surface area contributed by atoms with E-state index in [-0.39, 0.29) is 25.7 Å². The van der Waals surface area contributed by atoms with E-state index in [0.29, 0.717) is 25.7 Å². The molecule has 0 fully saturated rings. The maximum Gasteiger partial charge on any atom is 0.472 e. The highest BCUT2D eigenvalue weighted by Crippen LogP contribution is 2.45. The number of phosphoric ester groups is 2.